The van der Waals surface area contributed by atoms with Gasteiger partial charge < -0.3 is 10.6 Å². The van der Waals surface area contributed by atoms with Gasteiger partial charge in [-0.25, -0.2) is 4.39 Å². The average Bonchev–Trinajstić information content (AvgIpc) is 2.23. The zero-order chi connectivity index (χ0) is 9.97. The highest BCUT2D eigenvalue weighted by Crippen LogP contribution is 2.21. The zero-order valence-electron chi connectivity index (χ0n) is 7.69. The lowest BCUT2D eigenvalue weighted by atomic mass is 10.1. The minimum Gasteiger partial charge on any atom is -0.314 e. The van der Waals surface area contributed by atoms with Crippen molar-refractivity contribution < 1.29 is 4.39 Å². The van der Waals surface area contributed by atoms with Crippen LogP contribution in [0, 0.1) is 5.82 Å². The summed E-state index contributed by atoms with van der Waals surface area (Å²) in [4.78, 5) is 0. The topological polar surface area (TPSA) is 24.1 Å². The molecule has 76 valence electrons. The van der Waals surface area contributed by atoms with Crippen LogP contribution in [0.5, 0.6) is 0 Å². The van der Waals surface area contributed by atoms with Crippen molar-refractivity contribution in [2.45, 2.75) is 6.04 Å². The van der Waals surface area contributed by atoms with Gasteiger partial charge in [-0.05, 0) is 17.7 Å². The fourth-order valence-electron chi connectivity index (χ4n) is 1.62. The molecular formula is C10H12ClFN2. The SMILES string of the molecule is Fc1ccc(C2CNCCN2)cc1Cl. The van der Waals surface area contributed by atoms with Crippen LogP contribution in [0.25, 0.3) is 0 Å². The van der Waals surface area contributed by atoms with Gasteiger partial charge in [-0.1, -0.05) is 17.7 Å². The molecule has 0 saturated carbocycles. The van der Waals surface area contributed by atoms with Crippen molar-refractivity contribution in [3.63, 3.8) is 0 Å². The standard InChI is InChI=1S/C10H12ClFN2/c11-8-5-7(1-2-9(8)12)10-6-13-3-4-14-10/h1-2,5,10,13-14H,3-4,6H2. The third-order valence-corrected chi connectivity index (χ3v) is 2.68. The van der Waals surface area contributed by atoms with E-state index < -0.39 is 0 Å². The van der Waals surface area contributed by atoms with Crippen LogP contribution in [-0.4, -0.2) is 19.6 Å². The van der Waals surface area contributed by atoms with Crippen molar-refractivity contribution in [2.24, 2.45) is 0 Å². The Balaban J connectivity index is 2.18. The van der Waals surface area contributed by atoms with Gasteiger partial charge in [-0.3, -0.25) is 0 Å². The summed E-state index contributed by atoms with van der Waals surface area (Å²) in [5.74, 6) is -0.362. The summed E-state index contributed by atoms with van der Waals surface area (Å²) in [5, 5.41) is 6.80. The molecule has 1 saturated heterocycles. The lowest BCUT2D eigenvalue weighted by Gasteiger charge is -2.24. The van der Waals surface area contributed by atoms with E-state index in [0.29, 0.717) is 0 Å². The molecule has 1 fully saturated rings. The number of hydrogen-bond donors (Lipinski definition) is 2. The van der Waals surface area contributed by atoms with Crippen molar-refractivity contribution >= 4 is 11.6 Å². The van der Waals surface area contributed by atoms with Crippen molar-refractivity contribution in [3.05, 3.63) is 34.6 Å². The van der Waals surface area contributed by atoms with Gasteiger partial charge >= 0.3 is 0 Å². The second-order valence-electron chi connectivity index (χ2n) is 3.38. The van der Waals surface area contributed by atoms with Crippen molar-refractivity contribution in [1.29, 1.82) is 0 Å². The molecule has 1 aromatic rings. The van der Waals surface area contributed by atoms with Crippen LogP contribution in [-0.2, 0) is 0 Å². The smallest absolute Gasteiger partial charge is 0.141 e. The molecule has 1 unspecified atom stereocenters. The predicted molar refractivity (Wildman–Crippen MR) is 55.0 cm³/mol. The van der Waals surface area contributed by atoms with Gasteiger partial charge in [0.1, 0.15) is 5.82 Å². The van der Waals surface area contributed by atoms with E-state index >= 15 is 0 Å². The Morgan fingerprint density at radius 1 is 1.36 bits per heavy atom. The first-order chi connectivity index (χ1) is 6.77. The first-order valence-corrected chi connectivity index (χ1v) is 5.04. The number of rotatable bonds is 1. The molecule has 0 aromatic heterocycles. The Labute approximate surface area is 87.5 Å². The molecule has 2 rings (SSSR count). The maximum atomic E-state index is 12.9. The summed E-state index contributed by atoms with van der Waals surface area (Å²) in [7, 11) is 0. The van der Waals surface area contributed by atoms with E-state index in [9.17, 15) is 4.39 Å². The maximum absolute atomic E-state index is 12.9. The Morgan fingerprint density at radius 3 is 2.86 bits per heavy atom. The number of nitrogens with one attached hydrogen (secondary N) is 2. The molecule has 0 spiro atoms. The molecule has 0 bridgehead atoms. The Bertz CT molecular complexity index is 324. The van der Waals surface area contributed by atoms with Crippen LogP contribution >= 0.6 is 11.6 Å². The first-order valence-electron chi connectivity index (χ1n) is 4.66. The molecule has 2 N–H and O–H groups in total. The van der Waals surface area contributed by atoms with Gasteiger partial charge in [0.25, 0.3) is 0 Å². The summed E-state index contributed by atoms with van der Waals surface area (Å²) in [6, 6.07) is 5.10. The lowest BCUT2D eigenvalue weighted by molar-refractivity contribution is 0.430. The molecule has 1 aromatic carbocycles. The predicted octanol–water partition coefficient (Wildman–Crippen LogP) is 1.71. The summed E-state index contributed by atoms with van der Waals surface area (Å²) >= 11 is 5.71. The molecule has 0 amide bonds. The van der Waals surface area contributed by atoms with E-state index in [1.165, 1.54) is 6.07 Å². The minimum absolute atomic E-state index is 0.190. The quantitative estimate of drug-likeness (QED) is 0.744. The lowest BCUT2D eigenvalue weighted by Crippen LogP contribution is -2.42. The fourth-order valence-corrected chi connectivity index (χ4v) is 1.81. The molecular weight excluding hydrogens is 203 g/mol. The summed E-state index contributed by atoms with van der Waals surface area (Å²) in [5.41, 5.74) is 1.03. The highest BCUT2D eigenvalue weighted by Gasteiger charge is 2.14. The van der Waals surface area contributed by atoms with Crippen molar-refractivity contribution in [1.82, 2.24) is 10.6 Å². The maximum Gasteiger partial charge on any atom is 0.141 e. The van der Waals surface area contributed by atoms with Gasteiger partial charge in [0.2, 0.25) is 0 Å². The Hall–Kier alpha value is -0.640. The minimum atomic E-state index is -0.362. The molecule has 1 aliphatic heterocycles. The van der Waals surface area contributed by atoms with Crippen LogP contribution < -0.4 is 10.6 Å². The normalized spacial score (nSPS) is 22.3. The van der Waals surface area contributed by atoms with Gasteiger partial charge in [0.05, 0.1) is 5.02 Å². The second kappa shape index (κ2) is 4.26. The van der Waals surface area contributed by atoms with Gasteiger partial charge in [-0.2, -0.15) is 0 Å². The monoisotopic (exact) mass is 214 g/mol. The highest BCUT2D eigenvalue weighted by atomic mass is 35.5. The fraction of sp³-hybridized carbons (Fsp3) is 0.400. The Kier molecular flexibility index (Phi) is 3.01. The zero-order valence-corrected chi connectivity index (χ0v) is 8.44. The van der Waals surface area contributed by atoms with E-state index in [2.05, 4.69) is 10.6 Å². The van der Waals surface area contributed by atoms with E-state index in [4.69, 9.17) is 11.6 Å². The van der Waals surface area contributed by atoms with Crippen LogP contribution in [0.2, 0.25) is 5.02 Å². The summed E-state index contributed by atoms with van der Waals surface area (Å²) in [6.07, 6.45) is 0. The second-order valence-corrected chi connectivity index (χ2v) is 3.79. The van der Waals surface area contributed by atoms with Crippen LogP contribution in [0.1, 0.15) is 11.6 Å². The third-order valence-electron chi connectivity index (χ3n) is 2.39. The van der Waals surface area contributed by atoms with Crippen LogP contribution in [0.4, 0.5) is 4.39 Å². The van der Waals surface area contributed by atoms with Crippen LogP contribution in [0.3, 0.4) is 0 Å². The van der Waals surface area contributed by atoms with E-state index in [-0.39, 0.29) is 16.9 Å². The Morgan fingerprint density at radius 2 is 2.21 bits per heavy atom. The van der Waals surface area contributed by atoms with E-state index in [1.54, 1.807) is 12.1 Å². The molecule has 1 atom stereocenters. The van der Waals surface area contributed by atoms with Crippen molar-refractivity contribution in [2.75, 3.05) is 19.6 Å². The average molecular weight is 215 g/mol. The molecule has 0 aliphatic carbocycles. The molecule has 1 aliphatic rings. The number of piperazine rings is 1. The van der Waals surface area contributed by atoms with Gasteiger partial charge in [-0.15, -0.1) is 0 Å². The van der Waals surface area contributed by atoms with E-state index in [0.717, 1.165) is 25.2 Å². The largest absolute Gasteiger partial charge is 0.314 e. The summed E-state index contributed by atoms with van der Waals surface area (Å²) < 4.78 is 12.9. The van der Waals surface area contributed by atoms with Gasteiger partial charge in [0.15, 0.2) is 0 Å². The molecule has 0 radical (unpaired) electrons. The van der Waals surface area contributed by atoms with Crippen LogP contribution in [0.15, 0.2) is 18.2 Å². The summed E-state index contributed by atoms with van der Waals surface area (Å²) in [6.45, 7) is 2.77. The van der Waals surface area contributed by atoms with Crippen molar-refractivity contribution in [3.8, 4) is 0 Å². The molecule has 1 heterocycles. The first kappa shape index (κ1) is 9.90. The highest BCUT2D eigenvalue weighted by molar-refractivity contribution is 6.30. The molecule has 14 heavy (non-hydrogen) atoms. The van der Waals surface area contributed by atoms with E-state index in [1.807, 2.05) is 0 Å². The third kappa shape index (κ3) is 2.05. The van der Waals surface area contributed by atoms with Gasteiger partial charge in [0, 0.05) is 25.7 Å². The number of halogens is 2. The number of hydrogen-bond acceptors (Lipinski definition) is 2. The molecule has 4 heteroatoms. The molecule has 2 nitrogen and oxygen atoms in total. The number of benzene rings is 1.